The number of rotatable bonds is 6. The first-order valence-electron chi connectivity index (χ1n) is 13.1. The molecule has 1 aromatic carbocycles. The number of hydrogen-bond acceptors (Lipinski definition) is 4. The molecule has 0 saturated heterocycles. The molecule has 6 rings (SSSR count). The third-order valence-corrected chi connectivity index (χ3v) is 7.43. The van der Waals surface area contributed by atoms with Gasteiger partial charge in [0, 0.05) is 42.4 Å². The largest absolute Gasteiger partial charge is 0.346 e. The molecular formula is C30H28FN5O3. The normalized spacial score (nSPS) is 17.2. The number of nitrogens with zero attached hydrogens (tertiary/aromatic N) is 3. The van der Waals surface area contributed by atoms with Gasteiger partial charge in [-0.05, 0) is 60.2 Å². The summed E-state index contributed by atoms with van der Waals surface area (Å²) in [5.41, 5.74) is 2.68. The van der Waals surface area contributed by atoms with Gasteiger partial charge in [-0.1, -0.05) is 31.2 Å². The van der Waals surface area contributed by atoms with E-state index in [-0.39, 0.29) is 35.8 Å². The number of aromatic nitrogens is 3. The fourth-order valence-electron chi connectivity index (χ4n) is 5.17. The maximum absolute atomic E-state index is 14.2. The fourth-order valence-corrected chi connectivity index (χ4v) is 5.17. The molecule has 4 heterocycles. The highest BCUT2D eigenvalue weighted by atomic mass is 19.1. The first kappa shape index (κ1) is 24.8. The van der Waals surface area contributed by atoms with Crippen molar-refractivity contribution in [3.05, 3.63) is 99.9 Å². The van der Waals surface area contributed by atoms with Gasteiger partial charge in [-0.3, -0.25) is 14.4 Å². The molecule has 2 amide bonds. The average Bonchev–Trinajstić information content (AvgIpc) is 3.68. The number of benzene rings is 1. The van der Waals surface area contributed by atoms with Gasteiger partial charge in [-0.25, -0.2) is 9.37 Å². The van der Waals surface area contributed by atoms with Crippen molar-refractivity contribution < 1.29 is 14.0 Å². The van der Waals surface area contributed by atoms with Gasteiger partial charge in [0.15, 0.2) is 0 Å². The van der Waals surface area contributed by atoms with Crippen molar-refractivity contribution in [1.82, 2.24) is 19.4 Å². The minimum absolute atomic E-state index is 0.00896. The number of anilines is 1. The fraction of sp³-hybridized carbons (Fsp3) is 0.267. The van der Waals surface area contributed by atoms with Crippen LogP contribution in [-0.2, 0) is 11.3 Å². The number of hydrogen-bond donors (Lipinski definition) is 2. The molecule has 1 aliphatic carbocycles. The molecule has 1 atom stereocenters. The lowest BCUT2D eigenvalue weighted by Crippen LogP contribution is -2.41. The van der Waals surface area contributed by atoms with Crippen molar-refractivity contribution in [2.45, 2.75) is 26.3 Å². The summed E-state index contributed by atoms with van der Waals surface area (Å²) in [5, 5.41) is 3.88. The predicted molar refractivity (Wildman–Crippen MR) is 147 cm³/mol. The van der Waals surface area contributed by atoms with Crippen LogP contribution in [0.1, 0.15) is 41.3 Å². The smallest absolute Gasteiger partial charge is 0.263 e. The SMILES string of the molecule is C[C@@H]1CN(C(=O)c2cccn(Cc3ccccc3F)c2=O)CC=C1c1cc(NC(=O)C2CC2)nc2[nH]ccc12. The Balaban J connectivity index is 1.25. The zero-order chi connectivity index (χ0) is 27.1. The molecule has 39 heavy (non-hydrogen) atoms. The number of carbonyl (C=O) groups excluding carboxylic acids is 2. The van der Waals surface area contributed by atoms with E-state index in [1.54, 1.807) is 35.4 Å². The highest BCUT2D eigenvalue weighted by Crippen LogP contribution is 2.35. The standard InChI is InChI=1S/C30H28FN5O3/c1-18-16-36(30(39)23-6-4-13-35(29(23)38)17-20-5-2-3-7-25(20)31)14-11-21(18)24-15-26(34-28(37)19-8-9-19)33-27-22(24)10-12-32-27/h2-7,10-13,15,18-19H,8-9,14,16-17H2,1H3,(H2,32,33,34,37)/t18-/m1/s1. The summed E-state index contributed by atoms with van der Waals surface area (Å²) in [6.45, 7) is 2.83. The van der Waals surface area contributed by atoms with E-state index in [1.807, 2.05) is 31.3 Å². The Morgan fingerprint density at radius 3 is 2.74 bits per heavy atom. The lowest BCUT2D eigenvalue weighted by atomic mass is 9.89. The van der Waals surface area contributed by atoms with Gasteiger partial charge in [-0.2, -0.15) is 0 Å². The highest BCUT2D eigenvalue weighted by molar-refractivity contribution is 5.98. The molecule has 2 aliphatic rings. The number of H-pyrrole nitrogens is 1. The molecule has 0 spiro atoms. The number of aromatic amines is 1. The van der Waals surface area contributed by atoms with Crippen molar-refractivity contribution in [2.75, 3.05) is 18.4 Å². The Morgan fingerprint density at radius 2 is 1.97 bits per heavy atom. The molecule has 0 radical (unpaired) electrons. The van der Waals surface area contributed by atoms with E-state index < -0.39 is 11.4 Å². The van der Waals surface area contributed by atoms with Crippen molar-refractivity contribution in [2.24, 2.45) is 11.8 Å². The van der Waals surface area contributed by atoms with Crippen molar-refractivity contribution >= 4 is 34.2 Å². The van der Waals surface area contributed by atoms with Gasteiger partial charge >= 0.3 is 0 Å². The summed E-state index contributed by atoms with van der Waals surface area (Å²) >= 11 is 0. The number of pyridine rings is 2. The number of halogens is 1. The van der Waals surface area contributed by atoms with Crippen molar-refractivity contribution in [3.8, 4) is 0 Å². The molecule has 3 aromatic heterocycles. The van der Waals surface area contributed by atoms with Crippen LogP contribution in [0.4, 0.5) is 10.2 Å². The van der Waals surface area contributed by atoms with Crippen LogP contribution in [0.25, 0.3) is 16.6 Å². The molecule has 198 valence electrons. The van der Waals surface area contributed by atoms with Gasteiger partial charge in [0.25, 0.3) is 11.5 Å². The minimum Gasteiger partial charge on any atom is -0.346 e. The van der Waals surface area contributed by atoms with Crippen LogP contribution >= 0.6 is 0 Å². The van der Waals surface area contributed by atoms with Gasteiger partial charge < -0.3 is 19.8 Å². The third-order valence-electron chi connectivity index (χ3n) is 7.43. The van der Waals surface area contributed by atoms with E-state index in [1.165, 1.54) is 16.7 Å². The topological polar surface area (TPSA) is 100 Å². The maximum Gasteiger partial charge on any atom is 0.263 e. The Kier molecular flexibility index (Phi) is 6.34. The van der Waals surface area contributed by atoms with Crippen LogP contribution in [0.15, 0.2) is 71.8 Å². The van der Waals surface area contributed by atoms with E-state index in [9.17, 15) is 18.8 Å². The molecule has 1 saturated carbocycles. The van der Waals surface area contributed by atoms with Gasteiger partial charge in [0.1, 0.15) is 22.8 Å². The quantitative estimate of drug-likeness (QED) is 0.389. The maximum atomic E-state index is 14.2. The Hall–Kier alpha value is -4.53. The predicted octanol–water partition coefficient (Wildman–Crippen LogP) is 4.44. The van der Waals surface area contributed by atoms with Crippen LogP contribution in [0.3, 0.4) is 0 Å². The van der Waals surface area contributed by atoms with Gasteiger partial charge in [0.05, 0.1) is 6.54 Å². The second-order valence-corrected chi connectivity index (χ2v) is 10.3. The summed E-state index contributed by atoms with van der Waals surface area (Å²) in [6.07, 6.45) is 7.20. The first-order valence-corrected chi connectivity index (χ1v) is 13.1. The van der Waals surface area contributed by atoms with Crippen LogP contribution < -0.4 is 10.9 Å². The Morgan fingerprint density at radius 1 is 1.15 bits per heavy atom. The summed E-state index contributed by atoms with van der Waals surface area (Å²) in [7, 11) is 0. The van der Waals surface area contributed by atoms with Crippen molar-refractivity contribution in [3.63, 3.8) is 0 Å². The van der Waals surface area contributed by atoms with E-state index in [4.69, 9.17) is 0 Å². The number of amides is 2. The zero-order valence-electron chi connectivity index (χ0n) is 21.5. The number of nitrogens with one attached hydrogen (secondary N) is 2. The molecule has 9 heteroatoms. The van der Waals surface area contributed by atoms with E-state index in [0.717, 1.165) is 29.4 Å². The van der Waals surface area contributed by atoms with Crippen LogP contribution in [0.5, 0.6) is 0 Å². The monoisotopic (exact) mass is 525 g/mol. The molecule has 1 fully saturated rings. The lowest BCUT2D eigenvalue weighted by molar-refractivity contribution is -0.117. The summed E-state index contributed by atoms with van der Waals surface area (Å²) < 4.78 is 15.5. The van der Waals surface area contributed by atoms with Gasteiger partial charge in [-0.15, -0.1) is 0 Å². The molecule has 4 aromatic rings. The minimum atomic E-state index is -0.451. The molecule has 1 aliphatic heterocycles. The Bertz CT molecular complexity index is 1680. The molecule has 0 unspecified atom stereocenters. The summed E-state index contributed by atoms with van der Waals surface area (Å²) in [6, 6.07) is 13.3. The summed E-state index contributed by atoms with van der Waals surface area (Å²) in [4.78, 5) is 48.3. The Labute approximate surface area is 224 Å². The second-order valence-electron chi connectivity index (χ2n) is 10.3. The lowest BCUT2D eigenvalue weighted by Gasteiger charge is -2.31. The van der Waals surface area contributed by atoms with E-state index in [2.05, 4.69) is 15.3 Å². The van der Waals surface area contributed by atoms with Gasteiger partial charge in [0.2, 0.25) is 5.91 Å². The second kappa shape index (κ2) is 9.98. The molecule has 0 bridgehead atoms. The molecule has 2 N–H and O–H groups in total. The van der Waals surface area contributed by atoms with Crippen molar-refractivity contribution in [1.29, 1.82) is 0 Å². The van der Waals surface area contributed by atoms with Crippen LogP contribution in [0.2, 0.25) is 0 Å². The highest BCUT2D eigenvalue weighted by Gasteiger charge is 2.31. The average molecular weight is 526 g/mol. The number of carbonyl (C=O) groups is 2. The van der Waals surface area contributed by atoms with E-state index in [0.29, 0.717) is 30.1 Å². The third kappa shape index (κ3) is 4.87. The summed E-state index contributed by atoms with van der Waals surface area (Å²) in [5.74, 6) is -0.222. The first-order chi connectivity index (χ1) is 18.9. The van der Waals surface area contributed by atoms with E-state index >= 15 is 0 Å². The molecular weight excluding hydrogens is 497 g/mol. The van der Waals surface area contributed by atoms with Crippen LogP contribution in [0, 0.1) is 17.7 Å². The van der Waals surface area contributed by atoms with Crippen LogP contribution in [-0.4, -0.2) is 44.3 Å². The number of fused-ring (bicyclic) bond motifs is 1. The molecule has 8 nitrogen and oxygen atoms in total. The zero-order valence-corrected chi connectivity index (χ0v) is 21.5.